The Hall–Kier alpha value is -1.67. The fraction of sp³-hybridized carbons (Fsp3) is 0.333. The van der Waals surface area contributed by atoms with E-state index in [1.807, 2.05) is 24.3 Å². The minimum Gasteiger partial charge on any atom is -0.480 e. The number of hydrogen-bond acceptors (Lipinski definition) is 7. The van der Waals surface area contributed by atoms with Gasteiger partial charge in [0.25, 0.3) is 0 Å². The number of thiazole rings is 1. The zero-order valence-electron chi connectivity index (χ0n) is 10.9. The van der Waals surface area contributed by atoms with Crippen molar-refractivity contribution in [3.05, 3.63) is 29.2 Å². The van der Waals surface area contributed by atoms with Crippen molar-refractivity contribution in [2.75, 3.05) is 5.32 Å². The first-order valence-electron chi connectivity index (χ1n) is 5.80. The summed E-state index contributed by atoms with van der Waals surface area (Å²) in [6.07, 6.45) is 0. The Balaban J connectivity index is 2.28. The number of rotatable bonds is 6. The fourth-order valence-electron chi connectivity index (χ4n) is 1.74. The average Bonchev–Trinajstić information content (AvgIpc) is 2.77. The van der Waals surface area contributed by atoms with Crippen molar-refractivity contribution in [2.45, 2.75) is 24.6 Å². The molecular formula is C12H13N3O3S2. The lowest BCUT2D eigenvalue weighted by Gasteiger charge is -2.27. The highest BCUT2D eigenvalue weighted by molar-refractivity contribution is 7.99. The molecule has 2 rings (SSSR count). The minimum absolute atomic E-state index is 0.512. The molecule has 0 amide bonds. The molecule has 0 aliphatic heterocycles. The molecular weight excluding hydrogens is 298 g/mol. The van der Waals surface area contributed by atoms with Gasteiger partial charge in [-0.2, -0.15) is 0 Å². The first kappa shape index (κ1) is 14.7. The van der Waals surface area contributed by atoms with Crippen molar-refractivity contribution in [3.8, 4) is 0 Å². The maximum Gasteiger partial charge on any atom is 0.327 e. The lowest BCUT2D eigenvalue weighted by molar-refractivity contribution is -0.138. The summed E-state index contributed by atoms with van der Waals surface area (Å²) in [6.45, 7) is 3.30. The van der Waals surface area contributed by atoms with Gasteiger partial charge < -0.3 is 10.4 Å². The van der Waals surface area contributed by atoms with Crippen LogP contribution < -0.4 is 5.32 Å². The Bertz CT molecular complexity index is 609. The second-order valence-electron chi connectivity index (χ2n) is 4.67. The number of hydrogen-bond donors (Lipinski definition) is 2. The standard InChI is InChI=1S/C12H13N3O3S2/c1-12(2,20-15-18)9(10(16)17)14-11-13-7-5-3-4-6-8(7)19-11/h3-6,9H,1-2H3,(H,13,14)(H,16,17)/t9-/m0/s1. The highest BCUT2D eigenvalue weighted by Crippen LogP contribution is 2.33. The molecule has 0 bridgehead atoms. The first-order chi connectivity index (χ1) is 9.44. The number of carboxylic acid groups (broad SMARTS) is 1. The van der Waals surface area contributed by atoms with Crippen LogP contribution in [0.4, 0.5) is 5.13 Å². The van der Waals surface area contributed by atoms with E-state index in [1.54, 1.807) is 13.8 Å². The van der Waals surface area contributed by atoms with E-state index in [2.05, 4.69) is 14.9 Å². The number of nitroso groups, excluding NO2 is 1. The summed E-state index contributed by atoms with van der Waals surface area (Å²) in [5.41, 5.74) is 0.808. The van der Waals surface area contributed by atoms with Crippen molar-refractivity contribution in [3.63, 3.8) is 0 Å². The largest absolute Gasteiger partial charge is 0.480 e. The third-order valence-electron chi connectivity index (χ3n) is 2.78. The summed E-state index contributed by atoms with van der Waals surface area (Å²) in [4.78, 5) is 26.2. The zero-order valence-corrected chi connectivity index (χ0v) is 12.5. The van der Waals surface area contributed by atoms with Crippen LogP contribution in [0.3, 0.4) is 0 Å². The molecule has 0 aliphatic carbocycles. The van der Waals surface area contributed by atoms with Crippen LogP contribution in [0.15, 0.2) is 28.8 Å². The van der Waals surface area contributed by atoms with E-state index in [0.29, 0.717) is 17.1 Å². The van der Waals surface area contributed by atoms with Crippen LogP contribution in [0, 0.1) is 4.91 Å². The maximum atomic E-state index is 11.4. The van der Waals surface area contributed by atoms with Gasteiger partial charge in [-0.15, -0.1) is 4.91 Å². The number of fused-ring (bicyclic) bond motifs is 1. The highest BCUT2D eigenvalue weighted by Gasteiger charge is 2.37. The molecule has 0 fully saturated rings. The van der Waals surface area contributed by atoms with Crippen LogP contribution >= 0.6 is 23.3 Å². The number of benzene rings is 1. The van der Waals surface area contributed by atoms with Crippen molar-refractivity contribution >= 4 is 44.6 Å². The number of carboxylic acids is 1. The molecule has 1 heterocycles. The molecule has 1 atom stereocenters. The van der Waals surface area contributed by atoms with Gasteiger partial charge in [0.2, 0.25) is 0 Å². The molecule has 6 nitrogen and oxygen atoms in total. The molecule has 0 unspecified atom stereocenters. The van der Waals surface area contributed by atoms with Gasteiger partial charge in [0.15, 0.2) is 5.13 Å². The number of para-hydroxylation sites is 1. The van der Waals surface area contributed by atoms with Crippen molar-refractivity contribution in [1.29, 1.82) is 0 Å². The molecule has 8 heteroatoms. The smallest absolute Gasteiger partial charge is 0.327 e. The Morgan fingerprint density at radius 3 is 2.80 bits per heavy atom. The van der Waals surface area contributed by atoms with Gasteiger partial charge in [-0.25, -0.2) is 9.78 Å². The number of nitrogens with zero attached hydrogens (tertiary/aromatic N) is 2. The van der Waals surface area contributed by atoms with E-state index in [-0.39, 0.29) is 0 Å². The third-order valence-corrected chi connectivity index (χ3v) is 4.52. The number of carbonyl (C=O) groups is 1. The van der Waals surface area contributed by atoms with Gasteiger partial charge >= 0.3 is 5.97 Å². The van der Waals surface area contributed by atoms with E-state index in [9.17, 15) is 14.8 Å². The Kier molecular flexibility index (Phi) is 4.24. The third kappa shape index (κ3) is 3.07. The van der Waals surface area contributed by atoms with E-state index in [1.165, 1.54) is 11.3 Å². The molecule has 1 aromatic carbocycles. The monoisotopic (exact) mass is 311 g/mol. The second-order valence-corrected chi connectivity index (χ2v) is 7.09. The van der Waals surface area contributed by atoms with Gasteiger partial charge in [0.05, 0.1) is 15.0 Å². The van der Waals surface area contributed by atoms with E-state index in [0.717, 1.165) is 10.2 Å². The van der Waals surface area contributed by atoms with E-state index >= 15 is 0 Å². The molecule has 0 saturated carbocycles. The van der Waals surface area contributed by atoms with E-state index < -0.39 is 16.8 Å². The van der Waals surface area contributed by atoms with Gasteiger partial charge in [-0.1, -0.05) is 23.5 Å². The first-order valence-corrected chi connectivity index (χ1v) is 7.39. The van der Waals surface area contributed by atoms with Crippen LogP contribution in [0.25, 0.3) is 10.2 Å². The molecule has 0 spiro atoms. The topological polar surface area (TPSA) is 91.7 Å². The van der Waals surface area contributed by atoms with Crippen LogP contribution in [0.2, 0.25) is 0 Å². The van der Waals surface area contributed by atoms with Gasteiger partial charge in [-0.05, 0) is 26.0 Å². The van der Waals surface area contributed by atoms with Crippen molar-refractivity contribution < 1.29 is 9.90 Å². The van der Waals surface area contributed by atoms with Gasteiger partial charge in [0.1, 0.15) is 6.04 Å². The molecule has 1 aromatic heterocycles. The Morgan fingerprint density at radius 1 is 1.50 bits per heavy atom. The molecule has 0 saturated heterocycles. The minimum atomic E-state index is -1.05. The molecule has 2 aromatic rings. The van der Waals surface area contributed by atoms with Crippen LogP contribution in [-0.2, 0) is 4.79 Å². The fourth-order valence-corrected chi connectivity index (χ4v) is 3.09. The van der Waals surface area contributed by atoms with Gasteiger partial charge in [0, 0.05) is 16.5 Å². The maximum absolute atomic E-state index is 11.4. The second kappa shape index (κ2) is 5.76. The quantitative estimate of drug-likeness (QED) is 0.628. The van der Waals surface area contributed by atoms with Crippen molar-refractivity contribution in [2.24, 2.45) is 4.58 Å². The predicted molar refractivity (Wildman–Crippen MR) is 82.1 cm³/mol. The molecule has 0 aliphatic rings. The molecule has 2 N–H and O–H groups in total. The number of aromatic nitrogens is 1. The van der Waals surface area contributed by atoms with Crippen molar-refractivity contribution in [1.82, 2.24) is 4.98 Å². The normalized spacial score (nSPS) is 13.1. The number of nitrogens with one attached hydrogen (secondary N) is 1. The lowest BCUT2D eigenvalue weighted by atomic mass is 10.0. The number of anilines is 1. The summed E-state index contributed by atoms with van der Waals surface area (Å²) < 4.78 is 2.83. The van der Waals surface area contributed by atoms with Crippen LogP contribution in [-0.4, -0.2) is 26.8 Å². The summed E-state index contributed by atoms with van der Waals surface area (Å²) in [6, 6.07) is 6.58. The Labute approximate surface area is 123 Å². The summed E-state index contributed by atoms with van der Waals surface area (Å²) >= 11 is 2.07. The zero-order chi connectivity index (χ0) is 14.8. The molecule has 0 radical (unpaired) electrons. The van der Waals surface area contributed by atoms with E-state index in [4.69, 9.17) is 0 Å². The summed E-state index contributed by atoms with van der Waals surface area (Å²) in [7, 11) is 0. The summed E-state index contributed by atoms with van der Waals surface area (Å²) in [5, 5.41) is 12.7. The summed E-state index contributed by atoms with van der Waals surface area (Å²) in [5.74, 6) is -1.05. The predicted octanol–water partition coefficient (Wildman–Crippen LogP) is 3.35. The molecule has 106 valence electrons. The lowest BCUT2D eigenvalue weighted by Crippen LogP contribution is -2.45. The molecule has 20 heavy (non-hydrogen) atoms. The van der Waals surface area contributed by atoms with Gasteiger partial charge in [-0.3, -0.25) is 0 Å². The van der Waals surface area contributed by atoms with Crippen LogP contribution in [0.1, 0.15) is 13.8 Å². The number of aliphatic carboxylic acids is 1. The highest BCUT2D eigenvalue weighted by atomic mass is 32.2. The SMILES string of the molecule is CC(C)(SN=O)[C@@H](Nc1nc2ccccc2s1)C(=O)O. The average molecular weight is 311 g/mol. The van der Waals surface area contributed by atoms with Crippen LogP contribution in [0.5, 0.6) is 0 Å². The Morgan fingerprint density at radius 2 is 2.20 bits per heavy atom.